The summed E-state index contributed by atoms with van der Waals surface area (Å²) in [5.41, 5.74) is 4.70. The van der Waals surface area contributed by atoms with Crippen LogP contribution in [0.2, 0.25) is 0 Å². The number of ether oxygens (including phenoxy) is 1. The van der Waals surface area contributed by atoms with Gasteiger partial charge < -0.3 is 15.0 Å². The Morgan fingerprint density at radius 3 is 3.04 bits per heavy atom. The first-order valence-corrected chi connectivity index (χ1v) is 8.71. The Kier molecular flexibility index (Phi) is 3.88. The molecule has 1 amide bonds. The van der Waals surface area contributed by atoms with Crippen LogP contribution in [-0.2, 0) is 16.0 Å². The van der Waals surface area contributed by atoms with Crippen LogP contribution in [0.25, 0.3) is 10.9 Å². The molecule has 4 rings (SSSR count). The van der Waals surface area contributed by atoms with Crippen molar-refractivity contribution >= 4 is 22.5 Å². The number of nitrogens with zero attached hydrogens (tertiary/aromatic N) is 2. The molecule has 2 aliphatic heterocycles. The fourth-order valence-corrected chi connectivity index (χ4v) is 3.99. The number of anilines is 1. The van der Waals surface area contributed by atoms with Crippen molar-refractivity contribution in [2.45, 2.75) is 38.8 Å². The third-order valence-corrected chi connectivity index (χ3v) is 5.18. The summed E-state index contributed by atoms with van der Waals surface area (Å²) in [6.07, 6.45) is 1.99. The maximum Gasteiger partial charge on any atom is 0.246 e. The molecule has 3 heterocycles. The second kappa shape index (κ2) is 6.06. The Hall–Kier alpha value is -2.14. The van der Waals surface area contributed by atoms with E-state index >= 15 is 0 Å². The maximum atomic E-state index is 11.7. The predicted octanol–water partition coefficient (Wildman–Crippen LogP) is 2.20. The number of hydrogen-bond acceptors (Lipinski definition) is 4. The summed E-state index contributed by atoms with van der Waals surface area (Å²) in [6.45, 7) is 6.23. The van der Waals surface area contributed by atoms with Crippen LogP contribution in [0.5, 0.6) is 0 Å². The lowest BCUT2D eigenvalue weighted by atomic mass is 9.97. The van der Waals surface area contributed by atoms with Crippen molar-refractivity contribution in [3.05, 3.63) is 35.5 Å². The maximum absolute atomic E-state index is 11.7. The summed E-state index contributed by atoms with van der Waals surface area (Å²) >= 11 is 0. The third kappa shape index (κ3) is 2.53. The van der Waals surface area contributed by atoms with E-state index in [1.54, 1.807) is 0 Å². The van der Waals surface area contributed by atoms with Gasteiger partial charge in [-0.2, -0.15) is 0 Å². The Bertz CT molecular complexity index is 790. The molecule has 0 radical (unpaired) electrons. The summed E-state index contributed by atoms with van der Waals surface area (Å²) in [4.78, 5) is 18.9. The monoisotopic (exact) mass is 325 g/mol. The quantitative estimate of drug-likeness (QED) is 0.920. The standard InChI is InChI=1S/C19H23N3O2/c1-3-14-12(2)19(13-6-4-5-7-15(13)20-14)22-9-8-17-16(10-22)21-18(23)11-24-17/h4-7,16-17H,3,8-11H2,1-2H3,(H,21,23)/t16-,17+/m0/s1. The van der Waals surface area contributed by atoms with E-state index in [4.69, 9.17) is 9.72 Å². The molecule has 0 aliphatic carbocycles. The Morgan fingerprint density at radius 2 is 2.21 bits per heavy atom. The second-order valence-corrected chi connectivity index (χ2v) is 6.66. The van der Waals surface area contributed by atoms with E-state index < -0.39 is 0 Å². The molecule has 2 saturated heterocycles. The molecule has 1 aromatic heterocycles. The summed E-state index contributed by atoms with van der Waals surface area (Å²) in [7, 11) is 0. The zero-order chi connectivity index (χ0) is 16.7. The number of fused-ring (bicyclic) bond motifs is 2. The van der Waals surface area contributed by atoms with Crippen molar-refractivity contribution in [1.29, 1.82) is 0 Å². The summed E-state index contributed by atoms with van der Waals surface area (Å²) in [6, 6.07) is 8.39. The zero-order valence-electron chi connectivity index (χ0n) is 14.2. The molecule has 1 N–H and O–H groups in total. The third-order valence-electron chi connectivity index (χ3n) is 5.18. The molecule has 24 heavy (non-hydrogen) atoms. The second-order valence-electron chi connectivity index (χ2n) is 6.66. The van der Waals surface area contributed by atoms with E-state index in [9.17, 15) is 4.79 Å². The van der Waals surface area contributed by atoms with Gasteiger partial charge >= 0.3 is 0 Å². The number of pyridine rings is 1. The molecule has 2 aliphatic rings. The van der Waals surface area contributed by atoms with Gasteiger partial charge in [-0.3, -0.25) is 9.78 Å². The van der Waals surface area contributed by atoms with Gasteiger partial charge in [-0.25, -0.2) is 0 Å². The van der Waals surface area contributed by atoms with Crippen LogP contribution >= 0.6 is 0 Å². The van der Waals surface area contributed by atoms with Gasteiger partial charge in [0.15, 0.2) is 0 Å². The van der Waals surface area contributed by atoms with Gasteiger partial charge in [-0.1, -0.05) is 25.1 Å². The molecular formula is C19H23N3O2. The van der Waals surface area contributed by atoms with Crippen molar-refractivity contribution in [3.63, 3.8) is 0 Å². The zero-order valence-corrected chi connectivity index (χ0v) is 14.2. The number of nitrogens with one attached hydrogen (secondary N) is 1. The van der Waals surface area contributed by atoms with Gasteiger partial charge in [0, 0.05) is 24.2 Å². The van der Waals surface area contributed by atoms with Crippen molar-refractivity contribution in [2.24, 2.45) is 0 Å². The van der Waals surface area contributed by atoms with Gasteiger partial charge in [0.2, 0.25) is 5.91 Å². The number of benzene rings is 1. The molecule has 2 aromatic rings. The molecule has 5 heteroatoms. The van der Waals surface area contributed by atoms with Crippen molar-refractivity contribution in [2.75, 3.05) is 24.6 Å². The molecule has 5 nitrogen and oxygen atoms in total. The fraction of sp³-hybridized carbons (Fsp3) is 0.474. The first-order chi connectivity index (χ1) is 11.7. The van der Waals surface area contributed by atoms with Crippen molar-refractivity contribution in [1.82, 2.24) is 10.3 Å². The largest absolute Gasteiger partial charge is 0.368 e. The van der Waals surface area contributed by atoms with Crippen molar-refractivity contribution in [3.8, 4) is 0 Å². The normalized spacial score (nSPS) is 23.9. The summed E-state index contributed by atoms with van der Waals surface area (Å²) in [5.74, 6) is -0.0105. The minimum absolute atomic E-state index is 0.0105. The Balaban J connectivity index is 1.75. The first kappa shape index (κ1) is 15.4. The smallest absolute Gasteiger partial charge is 0.246 e. The highest BCUT2D eigenvalue weighted by Crippen LogP contribution is 2.34. The number of morpholine rings is 1. The minimum Gasteiger partial charge on any atom is -0.368 e. The van der Waals surface area contributed by atoms with E-state index in [2.05, 4.69) is 42.3 Å². The number of aromatic nitrogens is 1. The number of piperidine rings is 1. The van der Waals surface area contributed by atoms with Crippen LogP contribution in [-0.4, -0.2) is 42.7 Å². The van der Waals surface area contributed by atoms with E-state index in [1.165, 1.54) is 16.6 Å². The van der Waals surface area contributed by atoms with Crippen LogP contribution in [0.1, 0.15) is 24.6 Å². The highest BCUT2D eigenvalue weighted by Gasteiger charge is 2.35. The molecule has 2 fully saturated rings. The van der Waals surface area contributed by atoms with Gasteiger partial charge in [-0.15, -0.1) is 0 Å². The number of rotatable bonds is 2. The number of hydrogen-bond donors (Lipinski definition) is 1. The molecule has 2 atom stereocenters. The number of carbonyl (C=O) groups is 1. The number of para-hydroxylation sites is 1. The first-order valence-electron chi connectivity index (χ1n) is 8.71. The van der Waals surface area contributed by atoms with Gasteiger partial charge in [0.05, 0.1) is 23.3 Å². The lowest BCUT2D eigenvalue weighted by Crippen LogP contribution is -2.60. The highest BCUT2D eigenvalue weighted by atomic mass is 16.5. The molecule has 0 unspecified atom stereocenters. The Labute approximate surface area is 142 Å². The van der Waals surface area contributed by atoms with Crippen LogP contribution in [0, 0.1) is 6.92 Å². The van der Waals surface area contributed by atoms with E-state index in [-0.39, 0.29) is 24.7 Å². The molecule has 0 bridgehead atoms. The van der Waals surface area contributed by atoms with Gasteiger partial charge in [0.25, 0.3) is 0 Å². The molecule has 0 spiro atoms. The van der Waals surface area contributed by atoms with Crippen LogP contribution in [0.15, 0.2) is 24.3 Å². The summed E-state index contributed by atoms with van der Waals surface area (Å²) in [5, 5.41) is 4.28. The topological polar surface area (TPSA) is 54.5 Å². The average molecular weight is 325 g/mol. The molecule has 1 aromatic carbocycles. The SMILES string of the molecule is CCc1nc2ccccc2c(N2CC[C@H]3OCC(=O)N[C@H]3C2)c1C. The lowest BCUT2D eigenvalue weighted by Gasteiger charge is -2.42. The average Bonchev–Trinajstić information content (AvgIpc) is 2.60. The highest BCUT2D eigenvalue weighted by molar-refractivity contribution is 5.94. The van der Waals surface area contributed by atoms with Crippen LogP contribution in [0.3, 0.4) is 0 Å². The lowest BCUT2D eigenvalue weighted by molar-refractivity contribution is -0.137. The number of carbonyl (C=O) groups excluding carboxylic acids is 1. The van der Waals surface area contributed by atoms with Crippen LogP contribution < -0.4 is 10.2 Å². The van der Waals surface area contributed by atoms with E-state index in [1.807, 2.05) is 6.07 Å². The Morgan fingerprint density at radius 1 is 1.38 bits per heavy atom. The number of amides is 1. The summed E-state index contributed by atoms with van der Waals surface area (Å²) < 4.78 is 5.69. The molecule has 0 saturated carbocycles. The van der Waals surface area contributed by atoms with E-state index in [0.29, 0.717) is 0 Å². The van der Waals surface area contributed by atoms with Crippen LogP contribution in [0.4, 0.5) is 5.69 Å². The van der Waals surface area contributed by atoms with Gasteiger partial charge in [-0.05, 0) is 31.4 Å². The minimum atomic E-state index is -0.0105. The fourth-order valence-electron chi connectivity index (χ4n) is 3.99. The van der Waals surface area contributed by atoms with Crippen molar-refractivity contribution < 1.29 is 9.53 Å². The van der Waals surface area contributed by atoms with E-state index in [0.717, 1.165) is 37.1 Å². The predicted molar refractivity (Wildman–Crippen MR) is 94.4 cm³/mol. The molecular weight excluding hydrogens is 302 g/mol. The van der Waals surface area contributed by atoms with Gasteiger partial charge in [0.1, 0.15) is 6.61 Å². The number of aryl methyl sites for hydroxylation is 1. The molecule has 126 valence electrons.